The Bertz CT molecular complexity index is 970. The van der Waals surface area contributed by atoms with Gasteiger partial charge in [0.2, 0.25) is 5.75 Å². The van der Waals surface area contributed by atoms with Crippen molar-refractivity contribution in [3.8, 4) is 17.2 Å². The van der Waals surface area contributed by atoms with Crippen LogP contribution in [0.5, 0.6) is 17.2 Å². The van der Waals surface area contributed by atoms with Gasteiger partial charge in [-0.25, -0.2) is 10.4 Å². The van der Waals surface area contributed by atoms with Crippen LogP contribution in [0.15, 0.2) is 41.5 Å². The third kappa shape index (κ3) is 4.32. The van der Waals surface area contributed by atoms with Crippen molar-refractivity contribution < 1.29 is 19.0 Å². The van der Waals surface area contributed by atoms with Crippen LogP contribution in [0.2, 0.25) is 0 Å². The van der Waals surface area contributed by atoms with Gasteiger partial charge < -0.3 is 19.5 Å². The normalized spacial score (nSPS) is 10.8. The monoisotopic (exact) mass is 400 g/mol. The van der Waals surface area contributed by atoms with Gasteiger partial charge in [-0.15, -0.1) is 0 Å². The molecule has 2 aromatic carbocycles. The number of methoxy groups -OCH3 is 3. The van der Waals surface area contributed by atoms with Gasteiger partial charge in [0, 0.05) is 5.56 Å². The van der Waals surface area contributed by atoms with Crippen molar-refractivity contribution >= 4 is 38.8 Å². The first kappa shape index (κ1) is 19.4. The number of fused-ring (bicyclic) bond motifs is 1. The van der Waals surface area contributed by atoms with Crippen LogP contribution in [0.1, 0.15) is 5.56 Å². The Hall–Kier alpha value is -3.33. The van der Waals surface area contributed by atoms with Gasteiger partial charge in [-0.05, 0) is 24.3 Å². The lowest BCUT2D eigenvalue weighted by atomic mass is 10.2. The molecule has 0 fully saturated rings. The molecule has 1 heterocycles. The van der Waals surface area contributed by atoms with E-state index in [-0.39, 0.29) is 12.5 Å². The van der Waals surface area contributed by atoms with Crippen molar-refractivity contribution in [2.45, 2.75) is 0 Å². The van der Waals surface area contributed by atoms with Crippen LogP contribution in [0.25, 0.3) is 10.2 Å². The molecule has 9 heteroatoms. The number of aromatic nitrogens is 1. The van der Waals surface area contributed by atoms with Gasteiger partial charge in [-0.3, -0.25) is 4.79 Å². The van der Waals surface area contributed by atoms with Crippen LogP contribution in [-0.2, 0) is 4.79 Å². The summed E-state index contributed by atoms with van der Waals surface area (Å²) in [4.78, 5) is 16.4. The SMILES string of the molecule is COc1ccc(/C=N\NC(=O)CNc2nc3ccccc3s2)c(OC)c1OC. The highest BCUT2D eigenvalue weighted by Gasteiger charge is 2.14. The largest absolute Gasteiger partial charge is 0.493 e. The van der Waals surface area contributed by atoms with Crippen LogP contribution in [0, 0.1) is 0 Å². The number of ether oxygens (including phenoxy) is 3. The second-order valence-corrected chi connectivity index (χ2v) is 6.59. The van der Waals surface area contributed by atoms with E-state index in [9.17, 15) is 4.79 Å². The number of thiazole rings is 1. The van der Waals surface area contributed by atoms with E-state index in [1.165, 1.54) is 31.8 Å². The zero-order valence-electron chi connectivity index (χ0n) is 15.7. The average molecular weight is 400 g/mol. The molecular weight excluding hydrogens is 380 g/mol. The molecule has 0 spiro atoms. The number of nitrogens with one attached hydrogen (secondary N) is 2. The van der Waals surface area contributed by atoms with E-state index < -0.39 is 0 Å². The molecule has 0 aliphatic heterocycles. The van der Waals surface area contributed by atoms with E-state index in [0.717, 1.165) is 10.2 Å². The zero-order chi connectivity index (χ0) is 19.9. The van der Waals surface area contributed by atoms with E-state index in [4.69, 9.17) is 14.2 Å². The summed E-state index contributed by atoms with van der Waals surface area (Å²) in [7, 11) is 4.59. The maximum atomic E-state index is 12.0. The zero-order valence-corrected chi connectivity index (χ0v) is 16.5. The summed E-state index contributed by atoms with van der Waals surface area (Å²) in [6.45, 7) is 0.0558. The number of benzene rings is 2. The van der Waals surface area contributed by atoms with E-state index in [1.807, 2.05) is 24.3 Å². The molecule has 0 saturated carbocycles. The van der Waals surface area contributed by atoms with Crippen LogP contribution in [0.3, 0.4) is 0 Å². The van der Waals surface area contributed by atoms with Crippen molar-refractivity contribution in [2.24, 2.45) is 5.10 Å². The summed E-state index contributed by atoms with van der Waals surface area (Å²) in [5.41, 5.74) is 4.01. The molecule has 0 aliphatic rings. The molecule has 1 amide bonds. The van der Waals surface area contributed by atoms with Gasteiger partial charge in [0.1, 0.15) is 0 Å². The highest BCUT2D eigenvalue weighted by atomic mass is 32.1. The van der Waals surface area contributed by atoms with Crippen molar-refractivity contribution in [3.63, 3.8) is 0 Å². The Balaban J connectivity index is 1.60. The van der Waals surface area contributed by atoms with Crippen molar-refractivity contribution in [1.82, 2.24) is 10.4 Å². The van der Waals surface area contributed by atoms with Crippen LogP contribution >= 0.6 is 11.3 Å². The molecule has 0 unspecified atom stereocenters. The summed E-state index contributed by atoms with van der Waals surface area (Å²) < 4.78 is 17.0. The van der Waals surface area contributed by atoms with Gasteiger partial charge in [0.15, 0.2) is 16.6 Å². The molecule has 3 aromatic rings. The van der Waals surface area contributed by atoms with Gasteiger partial charge in [0.05, 0.1) is 44.3 Å². The summed E-state index contributed by atoms with van der Waals surface area (Å²) >= 11 is 1.49. The molecule has 0 atom stereocenters. The molecule has 0 bridgehead atoms. The fourth-order valence-electron chi connectivity index (χ4n) is 2.54. The smallest absolute Gasteiger partial charge is 0.259 e. The highest BCUT2D eigenvalue weighted by molar-refractivity contribution is 7.22. The van der Waals surface area contributed by atoms with Gasteiger partial charge >= 0.3 is 0 Å². The molecule has 0 saturated heterocycles. The molecule has 1 aromatic heterocycles. The number of nitrogens with zero attached hydrogens (tertiary/aromatic N) is 2. The first-order valence-corrected chi connectivity index (χ1v) is 9.18. The molecule has 146 valence electrons. The summed E-state index contributed by atoms with van der Waals surface area (Å²) in [5, 5.41) is 7.66. The molecular formula is C19H20N4O4S. The fourth-order valence-corrected chi connectivity index (χ4v) is 3.40. The maximum Gasteiger partial charge on any atom is 0.259 e. The number of carbonyl (C=O) groups excluding carboxylic acids is 1. The van der Waals surface area contributed by atoms with Gasteiger partial charge in [-0.1, -0.05) is 23.5 Å². The van der Waals surface area contributed by atoms with E-state index in [1.54, 1.807) is 19.2 Å². The number of hydrazone groups is 1. The average Bonchev–Trinajstić information content (AvgIpc) is 3.14. The van der Waals surface area contributed by atoms with E-state index in [0.29, 0.717) is 27.9 Å². The lowest BCUT2D eigenvalue weighted by molar-refractivity contribution is -0.119. The topological polar surface area (TPSA) is 94.1 Å². The Morgan fingerprint density at radius 3 is 2.61 bits per heavy atom. The summed E-state index contributed by atoms with van der Waals surface area (Å²) in [6.07, 6.45) is 1.48. The minimum atomic E-state index is -0.296. The van der Waals surface area contributed by atoms with Crippen LogP contribution in [0.4, 0.5) is 5.13 Å². The quantitative estimate of drug-likeness (QED) is 0.446. The third-order valence-electron chi connectivity index (χ3n) is 3.82. The molecule has 8 nitrogen and oxygen atoms in total. The van der Waals surface area contributed by atoms with Gasteiger partial charge in [0.25, 0.3) is 5.91 Å². The van der Waals surface area contributed by atoms with Crippen LogP contribution < -0.4 is 25.0 Å². The Morgan fingerprint density at radius 1 is 1.11 bits per heavy atom. The minimum absolute atomic E-state index is 0.0558. The third-order valence-corrected chi connectivity index (χ3v) is 4.82. The molecule has 2 N–H and O–H groups in total. The minimum Gasteiger partial charge on any atom is -0.493 e. The summed E-state index contributed by atoms with van der Waals surface area (Å²) in [5.74, 6) is 1.17. The van der Waals surface area contributed by atoms with Gasteiger partial charge in [-0.2, -0.15) is 5.10 Å². The number of hydrogen-bond donors (Lipinski definition) is 2. The van der Waals surface area contributed by atoms with E-state index >= 15 is 0 Å². The lowest BCUT2D eigenvalue weighted by Crippen LogP contribution is -2.25. The standard InChI is InChI=1S/C19H20N4O4S/c1-25-14-9-8-12(17(26-2)18(14)27-3)10-21-23-16(24)11-20-19-22-13-6-4-5-7-15(13)28-19/h4-10H,11H2,1-3H3,(H,20,22)(H,23,24)/b21-10-. The number of amides is 1. The molecule has 3 rings (SSSR count). The van der Waals surface area contributed by atoms with Crippen LogP contribution in [-0.4, -0.2) is 45.0 Å². The van der Waals surface area contributed by atoms with E-state index in [2.05, 4.69) is 20.8 Å². The maximum absolute atomic E-state index is 12.0. The molecule has 0 aliphatic carbocycles. The number of para-hydroxylation sites is 1. The summed E-state index contributed by atoms with van der Waals surface area (Å²) in [6, 6.07) is 11.3. The lowest BCUT2D eigenvalue weighted by Gasteiger charge is -2.13. The second-order valence-electron chi connectivity index (χ2n) is 5.56. The number of anilines is 1. The first-order chi connectivity index (χ1) is 13.7. The first-order valence-electron chi connectivity index (χ1n) is 8.36. The number of carbonyl (C=O) groups is 1. The van der Waals surface area contributed by atoms with Crippen molar-refractivity contribution in [2.75, 3.05) is 33.2 Å². The Kier molecular flexibility index (Phi) is 6.28. The van der Waals surface area contributed by atoms with Crippen molar-refractivity contribution in [3.05, 3.63) is 42.0 Å². The Morgan fingerprint density at radius 2 is 1.89 bits per heavy atom. The number of hydrogen-bond acceptors (Lipinski definition) is 8. The fraction of sp³-hybridized carbons (Fsp3) is 0.211. The molecule has 0 radical (unpaired) electrons. The predicted octanol–water partition coefficient (Wildman–Crippen LogP) is 2.88. The number of rotatable bonds is 8. The predicted molar refractivity (Wildman–Crippen MR) is 110 cm³/mol. The Labute approximate surface area is 166 Å². The second kappa shape index (κ2) is 9.05. The highest BCUT2D eigenvalue weighted by Crippen LogP contribution is 2.38. The molecule has 28 heavy (non-hydrogen) atoms. The van der Waals surface area contributed by atoms with Crippen molar-refractivity contribution in [1.29, 1.82) is 0 Å².